The topological polar surface area (TPSA) is 95.2 Å². The van der Waals surface area contributed by atoms with Gasteiger partial charge in [0.15, 0.2) is 0 Å². The SMILES string of the molecule is N#CC(C#N)=Cc1ccc(-c2cc3sc(C4CCC(C=C(C#N)C#N)S4)cc3s2)s1. The number of hydrogen-bond donors (Lipinski definition) is 0. The van der Waals surface area contributed by atoms with Gasteiger partial charge in [0.05, 0.1) is 0 Å². The minimum Gasteiger partial charge on any atom is -0.192 e. The molecule has 3 aromatic rings. The maximum absolute atomic E-state index is 8.95. The van der Waals surface area contributed by atoms with Crippen LogP contribution < -0.4 is 0 Å². The van der Waals surface area contributed by atoms with Crippen LogP contribution in [0, 0.1) is 45.3 Å². The monoisotopic (exact) mass is 460 g/mol. The summed E-state index contributed by atoms with van der Waals surface area (Å²) in [5, 5.41) is 36.4. The van der Waals surface area contributed by atoms with Gasteiger partial charge in [-0.15, -0.1) is 45.8 Å². The van der Waals surface area contributed by atoms with E-state index in [2.05, 4.69) is 12.1 Å². The Hall–Kier alpha value is -2.85. The molecule has 1 aliphatic heterocycles. The molecule has 30 heavy (non-hydrogen) atoms. The molecule has 1 saturated heterocycles. The Morgan fingerprint density at radius 2 is 1.57 bits per heavy atom. The van der Waals surface area contributed by atoms with E-state index in [0.717, 1.165) is 22.6 Å². The third-order valence-corrected chi connectivity index (χ3v) is 9.91. The fourth-order valence-electron chi connectivity index (χ4n) is 3.21. The van der Waals surface area contributed by atoms with Gasteiger partial charge in [0.25, 0.3) is 0 Å². The number of allylic oxidation sites excluding steroid dienone is 2. The van der Waals surface area contributed by atoms with E-state index in [-0.39, 0.29) is 16.4 Å². The van der Waals surface area contributed by atoms with Gasteiger partial charge in [-0.05, 0) is 49.3 Å². The van der Waals surface area contributed by atoms with E-state index in [1.165, 1.54) is 19.2 Å². The van der Waals surface area contributed by atoms with Crippen molar-refractivity contribution in [1.82, 2.24) is 0 Å². The van der Waals surface area contributed by atoms with Crippen molar-refractivity contribution in [1.29, 1.82) is 21.0 Å². The van der Waals surface area contributed by atoms with Gasteiger partial charge < -0.3 is 0 Å². The van der Waals surface area contributed by atoms with Gasteiger partial charge in [0, 0.05) is 39.4 Å². The summed E-state index contributed by atoms with van der Waals surface area (Å²) in [4.78, 5) is 4.57. The van der Waals surface area contributed by atoms with Crippen LogP contribution in [0.1, 0.15) is 27.8 Å². The summed E-state index contributed by atoms with van der Waals surface area (Å²) in [6, 6.07) is 16.1. The third kappa shape index (κ3) is 4.19. The fourth-order valence-corrected chi connectivity index (χ4v) is 8.36. The van der Waals surface area contributed by atoms with Gasteiger partial charge in [0.2, 0.25) is 0 Å². The van der Waals surface area contributed by atoms with Crippen LogP contribution in [0.2, 0.25) is 0 Å². The Morgan fingerprint density at radius 1 is 0.833 bits per heavy atom. The molecule has 144 valence electrons. The first-order valence-corrected chi connectivity index (χ1v) is 12.4. The Labute approximate surface area is 190 Å². The summed E-state index contributed by atoms with van der Waals surface area (Å²) < 4.78 is 2.53. The molecule has 3 aromatic heterocycles. The van der Waals surface area contributed by atoms with E-state index in [0.29, 0.717) is 5.25 Å². The molecule has 4 nitrogen and oxygen atoms in total. The molecule has 2 atom stereocenters. The molecule has 0 saturated carbocycles. The first-order chi connectivity index (χ1) is 14.6. The second-order valence-corrected chi connectivity index (χ2v) is 11.3. The van der Waals surface area contributed by atoms with Gasteiger partial charge in [-0.1, -0.05) is 0 Å². The van der Waals surface area contributed by atoms with Crippen molar-refractivity contribution in [2.24, 2.45) is 0 Å². The van der Waals surface area contributed by atoms with Crippen LogP contribution in [-0.2, 0) is 0 Å². The Bertz CT molecular complexity index is 1280. The van der Waals surface area contributed by atoms with E-state index in [1.54, 1.807) is 34.8 Å². The highest BCUT2D eigenvalue weighted by Gasteiger charge is 2.27. The van der Waals surface area contributed by atoms with E-state index >= 15 is 0 Å². The number of hydrogen-bond acceptors (Lipinski definition) is 8. The second-order valence-electron chi connectivity index (χ2n) is 6.52. The number of fused-ring (bicyclic) bond motifs is 1. The molecule has 4 rings (SSSR count). The molecule has 2 unspecified atom stereocenters. The zero-order valence-corrected chi connectivity index (χ0v) is 18.7. The number of thiophene rings is 3. The van der Waals surface area contributed by atoms with Crippen LogP contribution in [0.5, 0.6) is 0 Å². The highest BCUT2D eigenvalue weighted by Crippen LogP contribution is 2.50. The van der Waals surface area contributed by atoms with Gasteiger partial charge in [-0.2, -0.15) is 21.0 Å². The van der Waals surface area contributed by atoms with Crippen LogP contribution in [0.4, 0.5) is 0 Å². The molecule has 0 amide bonds. The Morgan fingerprint density at radius 3 is 2.27 bits per heavy atom. The number of thioether (sulfide) groups is 1. The van der Waals surface area contributed by atoms with E-state index in [1.807, 2.05) is 59.5 Å². The van der Waals surface area contributed by atoms with E-state index in [4.69, 9.17) is 21.0 Å². The van der Waals surface area contributed by atoms with Crippen molar-refractivity contribution in [3.8, 4) is 34.0 Å². The van der Waals surface area contributed by atoms with Crippen LogP contribution in [-0.4, -0.2) is 5.25 Å². The fraction of sp³-hybridized carbons (Fsp3) is 0.182. The van der Waals surface area contributed by atoms with Crippen molar-refractivity contribution in [2.45, 2.75) is 23.3 Å². The maximum atomic E-state index is 8.95. The molecule has 1 fully saturated rings. The predicted molar refractivity (Wildman–Crippen MR) is 125 cm³/mol. The highest BCUT2D eigenvalue weighted by atomic mass is 32.2. The molecule has 0 aliphatic carbocycles. The van der Waals surface area contributed by atoms with E-state index in [9.17, 15) is 0 Å². The standard InChI is InChI=1S/C22H12N4S4/c23-9-13(10-24)5-15-1-3-17(27-15)19-7-21-22(29-19)8-20(30-21)18-4-2-16(28-18)6-14(11-25)12-26/h1,3,5-8,16,18H,2,4H2. The highest BCUT2D eigenvalue weighted by molar-refractivity contribution is 8.00. The van der Waals surface area contributed by atoms with Crippen LogP contribution in [0.3, 0.4) is 0 Å². The summed E-state index contributed by atoms with van der Waals surface area (Å²) in [7, 11) is 0. The zero-order chi connectivity index (χ0) is 21.1. The molecule has 0 aromatic carbocycles. The smallest absolute Gasteiger partial charge is 0.131 e. The number of nitriles is 4. The molecular weight excluding hydrogens is 449 g/mol. The largest absolute Gasteiger partial charge is 0.192 e. The van der Waals surface area contributed by atoms with Crippen LogP contribution >= 0.6 is 45.8 Å². The van der Waals surface area contributed by atoms with Gasteiger partial charge in [0.1, 0.15) is 35.4 Å². The van der Waals surface area contributed by atoms with Crippen molar-refractivity contribution in [3.05, 3.63) is 51.2 Å². The van der Waals surface area contributed by atoms with Crippen molar-refractivity contribution in [3.63, 3.8) is 0 Å². The summed E-state index contributed by atoms with van der Waals surface area (Å²) >= 11 is 6.98. The minimum atomic E-state index is 0.110. The molecule has 1 aliphatic rings. The average Bonchev–Trinajstić information content (AvgIpc) is 3.52. The van der Waals surface area contributed by atoms with Gasteiger partial charge in [-0.3, -0.25) is 0 Å². The zero-order valence-electron chi connectivity index (χ0n) is 15.5. The van der Waals surface area contributed by atoms with Crippen LogP contribution in [0.25, 0.3) is 25.2 Å². The van der Waals surface area contributed by atoms with Crippen molar-refractivity contribution < 1.29 is 0 Å². The predicted octanol–water partition coefficient (Wildman–Crippen LogP) is 7.03. The molecule has 0 radical (unpaired) electrons. The second kappa shape index (κ2) is 8.88. The Balaban J connectivity index is 1.52. The third-order valence-electron chi connectivity index (χ3n) is 4.59. The lowest BCUT2D eigenvalue weighted by Gasteiger charge is -2.06. The summed E-state index contributed by atoms with van der Waals surface area (Å²) in [5.41, 5.74) is 0.311. The molecule has 8 heteroatoms. The first kappa shape index (κ1) is 20.4. The molecule has 0 N–H and O–H groups in total. The average molecular weight is 461 g/mol. The molecule has 4 heterocycles. The minimum absolute atomic E-state index is 0.110. The Kier molecular flexibility index (Phi) is 6.05. The lowest BCUT2D eigenvalue weighted by molar-refractivity contribution is 0.802. The van der Waals surface area contributed by atoms with Gasteiger partial charge >= 0.3 is 0 Å². The van der Waals surface area contributed by atoms with Crippen molar-refractivity contribution in [2.75, 3.05) is 0 Å². The summed E-state index contributed by atoms with van der Waals surface area (Å²) in [6.45, 7) is 0. The molecule has 0 bridgehead atoms. The number of nitrogens with zero attached hydrogens (tertiary/aromatic N) is 4. The molecular formula is C22H12N4S4. The summed E-state index contributed by atoms with van der Waals surface area (Å²) in [6.07, 6.45) is 5.45. The maximum Gasteiger partial charge on any atom is 0.131 e. The number of rotatable bonds is 4. The summed E-state index contributed by atoms with van der Waals surface area (Å²) in [5.74, 6) is 0. The van der Waals surface area contributed by atoms with E-state index < -0.39 is 0 Å². The first-order valence-electron chi connectivity index (χ1n) is 8.96. The lowest BCUT2D eigenvalue weighted by Crippen LogP contribution is -1.91. The van der Waals surface area contributed by atoms with Crippen LogP contribution in [0.15, 0.2) is 41.5 Å². The van der Waals surface area contributed by atoms with Crippen molar-refractivity contribution >= 4 is 61.2 Å². The normalized spacial score (nSPS) is 17.5. The lowest BCUT2D eigenvalue weighted by atomic mass is 10.1. The quantitative estimate of drug-likeness (QED) is 0.389. The van der Waals surface area contributed by atoms with Gasteiger partial charge in [-0.25, -0.2) is 0 Å². The molecule has 0 spiro atoms.